The molecule has 5 nitrogen and oxygen atoms in total. The molecule has 0 radical (unpaired) electrons. The molecule has 0 aliphatic carbocycles. The number of esters is 1. The van der Waals surface area contributed by atoms with Gasteiger partial charge in [-0.2, -0.15) is 0 Å². The minimum absolute atomic E-state index is 0.0567. The minimum atomic E-state index is -0.751. The van der Waals surface area contributed by atoms with E-state index < -0.39 is 11.8 Å². The maximum atomic E-state index is 13.2. The van der Waals surface area contributed by atoms with Crippen molar-refractivity contribution >= 4 is 29.1 Å². The molecular weight excluding hydrogens is 309 g/mol. The first kappa shape index (κ1) is 17.5. The van der Waals surface area contributed by atoms with Crippen LogP contribution in [0.4, 0.5) is 4.39 Å². The number of amidine groups is 1. The molecule has 116 valence electrons. The van der Waals surface area contributed by atoms with E-state index in [1.54, 1.807) is 0 Å². The Labute approximate surface area is 132 Å². The summed E-state index contributed by atoms with van der Waals surface area (Å²) in [5.41, 5.74) is 6.07. The highest BCUT2D eigenvalue weighted by Gasteiger charge is 2.18. The summed E-state index contributed by atoms with van der Waals surface area (Å²) < 4.78 is 17.8. The standard InChI is InChI=1S/C15H15ClFN3O2/c1-4-10(14(18)19)13(15(21)22-3)20-8(2)9-5-6-12(17)11(16)7-9/h4-7,20H,1-2H2,3H3,(H3,18,19). The molecule has 4 N–H and O–H groups in total. The second kappa shape index (κ2) is 7.42. The van der Waals surface area contributed by atoms with Crippen molar-refractivity contribution in [2.45, 2.75) is 0 Å². The number of methoxy groups -OCH3 is 1. The Morgan fingerprint density at radius 3 is 2.64 bits per heavy atom. The number of hydrogen-bond donors (Lipinski definition) is 3. The van der Waals surface area contributed by atoms with E-state index in [0.717, 1.165) is 0 Å². The number of carbonyl (C=O) groups excluding carboxylic acids is 1. The smallest absolute Gasteiger partial charge is 0.355 e. The van der Waals surface area contributed by atoms with Gasteiger partial charge in [0.25, 0.3) is 0 Å². The van der Waals surface area contributed by atoms with Crippen LogP contribution < -0.4 is 11.1 Å². The molecule has 22 heavy (non-hydrogen) atoms. The van der Waals surface area contributed by atoms with Crippen LogP contribution in [-0.4, -0.2) is 18.9 Å². The van der Waals surface area contributed by atoms with Gasteiger partial charge in [0.1, 0.15) is 17.3 Å². The van der Waals surface area contributed by atoms with Crippen molar-refractivity contribution < 1.29 is 13.9 Å². The molecule has 0 aromatic heterocycles. The van der Waals surface area contributed by atoms with Gasteiger partial charge in [-0.25, -0.2) is 9.18 Å². The molecule has 0 saturated carbocycles. The molecule has 0 saturated heterocycles. The third-order valence-corrected chi connectivity index (χ3v) is 2.99. The summed E-state index contributed by atoms with van der Waals surface area (Å²) in [4.78, 5) is 11.8. The first-order valence-electron chi connectivity index (χ1n) is 6.02. The quantitative estimate of drug-likeness (QED) is 0.247. The predicted molar refractivity (Wildman–Crippen MR) is 84.7 cm³/mol. The lowest BCUT2D eigenvalue weighted by atomic mass is 10.1. The van der Waals surface area contributed by atoms with Crippen molar-refractivity contribution in [3.05, 3.63) is 65.1 Å². The number of benzene rings is 1. The molecule has 0 amide bonds. The molecule has 0 spiro atoms. The van der Waals surface area contributed by atoms with Gasteiger partial charge >= 0.3 is 5.97 Å². The van der Waals surface area contributed by atoms with E-state index in [2.05, 4.69) is 23.2 Å². The van der Waals surface area contributed by atoms with Gasteiger partial charge in [-0.1, -0.05) is 30.8 Å². The van der Waals surface area contributed by atoms with Crippen LogP contribution in [0.5, 0.6) is 0 Å². The van der Waals surface area contributed by atoms with E-state index in [0.29, 0.717) is 5.56 Å². The highest BCUT2D eigenvalue weighted by Crippen LogP contribution is 2.21. The van der Waals surface area contributed by atoms with E-state index in [-0.39, 0.29) is 27.8 Å². The normalized spacial score (nSPS) is 11.2. The molecule has 0 unspecified atom stereocenters. The van der Waals surface area contributed by atoms with Crippen molar-refractivity contribution in [3.8, 4) is 0 Å². The van der Waals surface area contributed by atoms with Gasteiger partial charge in [-0.05, 0) is 23.8 Å². The summed E-state index contributed by atoms with van der Waals surface area (Å²) in [5, 5.41) is 10.1. The molecule has 1 rings (SSSR count). The predicted octanol–water partition coefficient (Wildman–Crippen LogP) is 2.59. The summed E-state index contributed by atoms with van der Waals surface area (Å²) in [5.74, 6) is -1.69. The van der Waals surface area contributed by atoms with Gasteiger partial charge in [-0.15, -0.1) is 0 Å². The van der Waals surface area contributed by atoms with Crippen LogP contribution in [0.2, 0.25) is 5.02 Å². The number of nitrogens with two attached hydrogens (primary N) is 1. The minimum Gasteiger partial charge on any atom is -0.464 e. The Bertz CT molecular complexity index is 683. The number of halogens is 2. The fourth-order valence-electron chi connectivity index (χ4n) is 1.58. The molecule has 0 fully saturated rings. The number of carbonyl (C=O) groups is 1. The summed E-state index contributed by atoms with van der Waals surface area (Å²) in [7, 11) is 1.18. The van der Waals surface area contributed by atoms with Crippen LogP contribution in [0.1, 0.15) is 5.56 Å². The summed E-state index contributed by atoms with van der Waals surface area (Å²) >= 11 is 5.71. The van der Waals surface area contributed by atoms with E-state index in [9.17, 15) is 9.18 Å². The Hall–Kier alpha value is -2.60. The van der Waals surface area contributed by atoms with E-state index in [4.69, 9.17) is 22.7 Å². The maximum Gasteiger partial charge on any atom is 0.355 e. The molecule has 0 bridgehead atoms. The molecule has 0 aliphatic heterocycles. The van der Waals surface area contributed by atoms with Crippen molar-refractivity contribution in [2.75, 3.05) is 7.11 Å². The topological polar surface area (TPSA) is 88.2 Å². The third kappa shape index (κ3) is 3.95. The van der Waals surface area contributed by atoms with Gasteiger partial charge in [0, 0.05) is 11.3 Å². The summed E-state index contributed by atoms with van der Waals surface area (Å²) in [6.45, 7) is 7.25. The molecule has 0 atom stereocenters. The Kier molecular flexibility index (Phi) is 5.89. The molecule has 1 aromatic carbocycles. The molecule has 1 aromatic rings. The molecular formula is C15H15ClFN3O2. The Morgan fingerprint density at radius 2 is 2.18 bits per heavy atom. The lowest BCUT2D eigenvalue weighted by molar-refractivity contribution is -0.136. The Balaban J connectivity index is 3.22. The van der Waals surface area contributed by atoms with Crippen molar-refractivity contribution in [2.24, 2.45) is 5.73 Å². The van der Waals surface area contributed by atoms with Crippen molar-refractivity contribution in [1.82, 2.24) is 5.32 Å². The zero-order chi connectivity index (χ0) is 16.9. The zero-order valence-electron chi connectivity index (χ0n) is 11.9. The van der Waals surface area contributed by atoms with Crippen LogP contribution in [0.15, 0.2) is 48.7 Å². The van der Waals surface area contributed by atoms with Crippen LogP contribution in [0.25, 0.3) is 5.70 Å². The second-order valence-electron chi connectivity index (χ2n) is 4.13. The number of rotatable bonds is 6. The monoisotopic (exact) mass is 323 g/mol. The summed E-state index contributed by atoms with van der Waals surface area (Å²) in [6.07, 6.45) is 1.24. The SMILES string of the molecule is C=CC(C(=N)N)=C(NC(=C)c1ccc(F)c(Cl)c1)C(=O)OC. The van der Waals surface area contributed by atoms with E-state index >= 15 is 0 Å². The molecule has 0 aliphatic rings. The van der Waals surface area contributed by atoms with Gasteiger partial charge in [0.2, 0.25) is 0 Å². The van der Waals surface area contributed by atoms with Crippen molar-refractivity contribution in [3.63, 3.8) is 0 Å². The summed E-state index contributed by atoms with van der Waals surface area (Å²) in [6, 6.07) is 3.96. The lowest BCUT2D eigenvalue weighted by Crippen LogP contribution is -2.26. The highest BCUT2D eigenvalue weighted by atomic mass is 35.5. The molecule has 7 heteroatoms. The maximum absolute atomic E-state index is 13.2. The largest absolute Gasteiger partial charge is 0.464 e. The highest BCUT2D eigenvalue weighted by molar-refractivity contribution is 6.30. The second-order valence-corrected chi connectivity index (χ2v) is 4.54. The third-order valence-electron chi connectivity index (χ3n) is 2.70. The van der Waals surface area contributed by atoms with Gasteiger partial charge in [0.15, 0.2) is 0 Å². The lowest BCUT2D eigenvalue weighted by Gasteiger charge is -2.15. The first-order chi connectivity index (χ1) is 10.3. The number of ether oxygens (including phenoxy) is 1. The van der Waals surface area contributed by atoms with Crippen LogP contribution >= 0.6 is 11.6 Å². The van der Waals surface area contributed by atoms with E-state index in [1.165, 1.54) is 31.4 Å². The van der Waals surface area contributed by atoms with Crippen LogP contribution in [0.3, 0.4) is 0 Å². The van der Waals surface area contributed by atoms with Gasteiger partial charge in [0.05, 0.1) is 12.1 Å². The fourth-order valence-corrected chi connectivity index (χ4v) is 1.76. The van der Waals surface area contributed by atoms with Crippen molar-refractivity contribution in [1.29, 1.82) is 5.41 Å². The van der Waals surface area contributed by atoms with Crippen LogP contribution in [-0.2, 0) is 9.53 Å². The zero-order valence-corrected chi connectivity index (χ0v) is 12.6. The molecule has 0 heterocycles. The fraction of sp³-hybridized carbons (Fsp3) is 0.0667. The van der Waals surface area contributed by atoms with Gasteiger partial charge in [-0.3, -0.25) is 5.41 Å². The van der Waals surface area contributed by atoms with Gasteiger partial charge < -0.3 is 15.8 Å². The van der Waals surface area contributed by atoms with Crippen LogP contribution in [0, 0.1) is 11.2 Å². The average Bonchev–Trinajstić information content (AvgIpc) is 2.48. The number of nitrogens with one attached hydrogen (secondary N) is 2. The Morgan fingerprint density at radius 1 is 1.55 bits per heavy atom. The van der Waals surface area contributed by atoms with E-state index in [1.807, 2.05) is 0 Å². The average molecular weight is 324 g/mol. The number of hydrogen-bond acceptors (Lipinski definition) is 4. The first-order valence-corrected chi connectivity index (χ1v) is 6.40.